The monoisotopic (exact) mass is 628 g/mol. The van der Waals surface area contributed by atoms with E-state index in [4.69, 9.17) is 32.9 Å². The van der Waals surface area contributed by atoms with Crippen molar-refractivity contribution in [2.45, 2.75) is 57.8 Å². The number of rotatable bonds is 10. The number of benzene rings is 1. The van der Waals surface area contributed by atoms with E-state index in [2.05, 4.69) is 52.0 Å². The Balaban J connectivity index is 1.32. The zero-order chi connectivity index (χ0) is 31.7. The fraction of sp³-hybridized carbons (Fsp3) is 0.500. The van der Waals surface area contributed by atoms with Gasteiger partial charge in [-0.05, 0) is 58.2 Å². The van der Waals surface area contributed by atoms with Gasteiger partial charge in [0.15, 0.2) is 0 Å². The van der Waals surface area contributed by atoms with E-state index in [0.717, 1.165) is 59.0 Å². The van der Waals surface area contributed by atoms with Crippen LogP contribution in [0.3, 0.4) is 0 Å². The molecule has 236 valence electrons. The first-order valence-corrected chi connectivity index (χ1v) is 16.2. The summed E-state index contributed by atoms with van der Waals surface area (Å²) in [6.45, 7) is 19.4. The van der Waals surface area contributed by atoms with Gasteiger partial charge in [0.1, 0.15) is 18.0 Å². The highest BCUT2D eigenvalue weighted by Gasteiger charge is 2.35. The number of amides is 1. The quantitative estimate of drug-likeness (QED) is 0.233. The van der Waals surface area contributed by atoms with Gasteiger partial charge < -0.3 is 24.3 Å². The molecule has 6 rings (SSSR count). The van der Waals surface area contributed by atoms with E-state index in [0.29, 0.717) is 43.3 Å². The van der Waals surface area contributed by atoms with E-state index in [-0.39, 0.29) is 24.6 Å². The Bertz CT molecular complexity index is 1620. The minimum Gasteiger partial charge on any atom is -0.459 e. The number of pyridine rings is 1. The average molecular weight is 629 g/mol. The van der Waals surface area contributed by atoms with Crippen molar-refractivity contribution in [3.8, 4) is 6.01 Å². The maximum absolute atomic E-state index is 12.6. The van der Waals surface area contributed by atoms with Gasteiger partial charge in [-0.2, -0.15) is 9.97 Å². The largest absolute Gasteiger partial charge is 0.459 e. The third kappa shape index (κ3) is 6.56. The van der Waals surface area contributed by atoms with E-state index in [1.54, 1.807) is 4.90 Å². The summed E-state index contributed by atoms with van der Waals surface area (Å²) < 4.78 is 6.45. The lowest BCUT2D eigenvalue weighted by Gasteiger charge is -2.41. The molecule has 0 unspecified atom stereocenters. The molecule has 45 heavy (non-hydrogen) atoms. The van der Waals surface area contributed by atoms with Crippen LogP contribution in [0.5, 0.6) is 6.01 Å². The number of anilines is 2. The second-order valence-corrected chi connectivity index (χ2v) is 13.0. The van der Waals surface area contributed by atoms with Gasteiger partial charge in [0, 0.05) is 61.3 Å². The number of halogens is 1. The molecule has 0 spiro atoms. The van der Waals surface area contributed by atoms with Crippen molar-refractivity contribution in [3.05, 3.63) is 70.9 Å². The van der Waals surface area contributed by atoms with Crippen LogP contribution in [-0.4, -0.2) is 95.2 Å². The van der Waals surface area contributed by atoms with Gasteiger partial charge in [-0.3, -0.25) is 14.7 Å². The molecule has 0 radical (unpaired) electrons. The maximum atomic E-state index is 12.6. The third-order valence-corrected chi connectivity index (χ3v) is 9.78. The van der Waals surface area contributed by atoms with Crippen LogP contribution in [0.1, 0.15) is 37.9 Å². The Morgan fingerprint density at radius 1 is 1.22 bits per heavy atom. The smallest absolute Gasteiger partial charge is 0.318 e. The number of likely N-dealkylation sites (N-methyl/N-ethyl adjacent to an activating group) is 1. The molecule has 1 saturated carbocycles. The summed E-state index contributed by atoms with van der Waals surface area (Å²) in [4.78, 5) is 39.4. The summed E-state index contributed by atoms with van der Waals surface area (Å²) >= 11 is 6.70. The van der Waals surface area contributed by atoms with E-state index in [9.17, 15) is 4.79 Å². The fourth-order valence-corrected chi connectivity index (χ4v) is 7.04. The number of carbonyl (C=O) groups is 1. The summed E-state index contributed by atoms with van der Waals surface area (Å²) in [5.41, 5.74) is 2.96. The normalized spacial score (nSPS) is 19.6. The van der Waals surface area contributed by atoms with Crippen molar-refractivity contribution in [1.82, 2.24) is 24.8 Å². The molecule has 0 N–H and O–H groups in total. The van der Waals surface area contributed by atoms with Crippen molar-refractivity contribution in [2.75, 3.05) is 56.1 Å². The molecule has 1 aromatic carbocycles. The van der Waals surface area contributed by atoms with Gasteiger partial charge in [0.05, 0.1) is 29.1 Å². The average Bonchev–Trinajstić information content (AvgIpc) is 3.89. The summed E-state index contributed by atoms with van der Waals surface area (Å²) in [7, 11) is 2.16. The minimum absolute atomic E-state index is 0.111. The first-order chi connectivity index (χ1) is 21.8. The summed E-state index contributed by atoms with van der Waals surface area (Å²) in [5.74, 6) is 1.46. The van der Waals surface area contributed by atoms with Crippen LogP contribution in [0, 0.1) is 12.5 Å². The van der Waals surface area contributed by atoms with Crippen molar-refractivity contribution in [1.29, 1.82) is 0 Å². The predicted octanol–water partition coefficient (Wildman–Crippen LogP) is 4.86. The first-order valence-electron chi connectivity index (χ1n) is 15.8. The zero-order valence-corrected chi connectivity index (χ0v) is 27.1. The molecule has 2 fully saturated rings. The molecular weight excluding hydrogens is 588 g/mol. The number of hydrogen-bond donors (Lipinski definition) is 0. The van der Waals surface area contributed by atoms with Crippen molar-refractivity contribution in [2.24, 2.45) is 5.92 Å². The second-order valence-electron chi connectivity index (χ2n) is 12.5. The van der Waals surface area contributed by atoms with E-state index < -0.39 is 0 Å². The van der Waals surface area contributed by atoms with Crippen LogP contribution < -0.4 is 14.5 Å². The van der Waals surface area contributed by atoms with E-state index >= 15 is 0 Å². The highest BCUT2D eigenvalue weighted by molar-refractivity contribution is 6.36. The topological polar surface area (TPSA) is 82.3 Å². The van der Waals surface area contributed by atoms with Gasteiger partial charge in [-0.15, -0.1) is 0 Å². The molecule has 11 heteroatoms. The van der Waals surface area contributed by atoms with Crippen molar-refractivity contribution >= 4 is 39.8 Å². The molecule has 2 aromatic heterocycles. The highest BCUT2D eigenvalue weighted by atomic mass is 35.5. The van der Waals surface area contributed by atoms with Crippen molar-refractivity contribution in [3.63, 3.8) is 0 Å². The zero-order valence-electron chi connectivity index (χ0n) is 26.3. The number of piperazine rings is 1. The SMILES string of the molecule is [C-]#[N+]C[C@H]1CN(c2nc(O[C@@H](C)CN(C)[C@@H](C)C3CC3)nc3c2CCN(c2cncc4cccc(Cl)c24)C3)CCN1C(=O)C=C. The number of aromatic nitrogens is 3. The molecule has 0 bridgehead atoms. The molecule has 10 nitrogen and oxygen atoms in total. The number of carbonyl (C=O) groups excluding carboxylic acids is 1. The number of ether oxygens (including phenoxy) is 1. The van der Waals surface area contributed by atoms with Crippen LogP contribution in [0.15, 0.2) is 43.2 Å². The lowest BCUT2D eigenvalue weighted by molar-refractivity contribution is -0.128. The number of hydrogen-bond acceptors (Lipinski definition) is 8. The minimum atomic E-state index is -0.253. The molecule has 3 atom stereocenters. The van der Waals surface area contributed by atoms with Crippen LogP contribution in [0.4, 0.5) is 11.5 Å². The summed E-state index contributed by atoms with van der Waals surface area (Å²) in [5, 5.41) is 2.67. The molecular formula is C34H41ClN8O2. The van der Waals surface area contributed by atoms with E-state index in [1.165, 1.54) is 18.9 Å². The molecule has 3 aromatic rings. The highest BCUT2D eigenvalue weighted by Crippen LogP contribution is 2.37. The second kappa shape index (κ2) is 13.2. The molecule has 3 aliphatic rings. The third-order valence-electron chi connectivity index (χ3n) is 9.47. The Morgan fingerprint density at radius 2 is 2.04 bits per heavy atom. The molecule has 1 aliphatic carbocycles. The lowest BCUT2D eigenvalue weighted by atomic mass is 10.0. The Morgan fingerprint density at radius 3 is 2.80 bits per heavy atom. The van der Waals surface area contributed by atoms with E-state index in [1.807, 2.05) is 30.6 Å². The predicted molar refractivity (Wildman–Crippen MR) is 178 cm³/mol. The maximum Gasteiger partial charge on any atom is 0.318 e. The van der Waals surface area contributed by atoms with Crippen LogP contribution in [0.25, 0.3) is 15.6 Å². The van der Waals surface area contributed by atoms with Gasteiger partial charge in [0.25, 0.3) is 0 Å². The van der Waals surface area contributed by atoms with Gasteiger partial charge >= 0.3 is 6.01 Å². The Hall–Kier alpha value is -3.94. The van der Waals surface area contributed by atoms with Gasteiger partial charge in [-0.25, -0.2) is 6.57 Å². The Kier molecular flexibility index (Phi) is 9.11. The summed E-state index contributed by atoms with van der Waals surface area (Å²) in [6, 6.07) is 6.50. The van der Waals surface area contributed by atoms with Crippen molar-refractivity contribution < 1.29 is 9.53 Å². The fourth-order valence-electron chi connectivity index (χ4n) is 6.76. The van der Waals surface area contributed by atoms with Gasteiger partial charge in [0.2, 0.25) is 12.5 Å². The summed E-state index contributed by atoms with van der Waals surface area (Å²) in [6.07, 6.45) is 8.26. The number of fused-ring (bicyclic) bond motifs is 2. The number of nitrogens with zero attached hydrogens (tertiary/aromatic N) is 8. The standard InChI is InChI=1S/C34H41ClN8O2/c1-6-31(44)43-15-14-42(20-26(43)17-36-4)33-27-12-13-41(30-18-37-16-25-8-7-9-28(35)32(25)30)21-29(27)38-34(39-33)45-22(2)19-40(5)23(3)24-10-11-24/h6-9,16,18,22-24,26H,1,10-15,17,19-21H2,2-3,5H3/t22-,23-,26-/m0/s1. The molecule has 1 saturated heterocycles. The lowest BCUT2D eigenvalue weighted by Crippen LogP contribution is -2.56. The molecule has 2 aliphatic heterocycles. The first kappa shape index (κ1) is 31.1. The van der Waals surface area contributed by atoms with Crippen LogP contribution in [0.2, 0.25) is 5.02 Å². The van der Waals surface area contributed by atoms with Gasteiger partial charge in [-0.1, -0.05) is 30.3 Å². The van der Waals surface area contributed by atoms with Crippen LogP contribution >= 0.6 is 11.6 Å². The molecule has 1 amide bonds. The Labute approximate surface area is 270 Å². The molecule has 4 heterocycles. The van der Waals surface area contributed by atoms with Crippen LogP contribution in [-0.2, 0) is 17.8 Å².